The molecule has 1 unspecified atom stereocenters. The maximum absolute atomic E-state index is 12.7. The molecule has 0 fully saturated rings. The number of hydrogen-bond acceptors (Lipinski definition) is 4. The second kappa shape index (κ2) is 3.41. The van der Waals surface area contributed by atoms with Gasteiger partial charge in [-0.3, -0.25) is 4.79 Å². The van der Waals surface area contributed by atoms with Gasteiger partial charge in [-0.05, 0) is 24.6 Å². The van der Waals surface area contributed by atoms with Gasteiger partial charge in [0.15, 0.2) is 5.78 Å². The molecular weight excluding hydrogens is 252 g/mol. The third-order valence-electron chi connectivity index (χ3n) is 4.35. The zero-order valence-corrected chi connectivity index (χ0v) is 11.3. The van der Waals surface area contributed by atoms with Crippen LogP contribution in [0.15, 0.2) is 36.4 Å². The Balaban J connectivity index is 2.17. The van der Waals surface area contributed by atoms with Gasteiger partial charge in [0.2, 0.25) is 0 Å². The van der Waals surface area contributed by atoms with Crippen molar-refractivity contribution in [3.05, 3.63) is 58.7 Å². The van der Waals surface area contributed by atoms with E-state index >= 15 is 0 Å². The first-order chi connectivity index (χ1) is 9.54. The summed E-state index contributed by atoms with van der Waals surface area (Å²) in [6.07, 6.45) is 0. The van der Waals surface area contributed by atoms with Crippen LogP contribution in [0, 0.1) is 0 Å². The molecule has 2 aromatic rings. The van der Waals surface area contributed by atoms with E-state index in [0.29, 0.717) is 11.1 Å². The predicted octanol–water partition coefficient (Wildman–Crippen LogP) is 2.15. The van der Waals surface area contributed by atoms with Gasteiger partial charge in [-0.2, -0.15) is 0 Å². The largest absolute Gasteiger partial charge is 0.507 e. The molecule has 2 aromatic carbocycles. The fourth-order valence-corrected chi connectivity index (χ4v) is 3.49. The summed E-state index contributed by atoms with van der Waals surface area (Å²) in [5.41, 5.74) is 6.75. The van der Waals surface area contributed by atoms with Crippen molar-refractivity contribution in [3.8, 4) is 5.75 Å². The highest BCUT2D eigenvalue weighted by Crippen LogP contribution is 2.50. The highest BCUT2D eigenvalue weighted by atomic mass is 16.3. The fourth-order valence-electron chi connectivity index (χ4n) is 3.49. The Kier molecular flexibility index (Phi) is 1.96. The first-order valence-electron chi connectivity index (χ1n) is 6.56. The molecule has 0 radical (unpaired) electrons. The Morgan fingerprint density at radius 2 is 1.95 bits per heavy atom. The molecule has 4 nitrogen and oxygen atoms in total. The molecule has 0 aromatic heterocycles. The highest BCUT2D eigenvalue weighted by molar-refractivity contribution is 6.16. The van der Waals surface area contributed by atoms with E-state index in [1.54, 1.807) is 6.07 Å². The molecule has 0 saturated heterocycles. The van der Waals surface area contributed by atoms with Crippen LogP contribution in [0.4, 0.5) is 5.69 Å². The number of phenolic OH excluding ortho intramolecular Hbond substituents is 1. The van der Waals surface area contributed by atoms with E-state index in [9.17, 15) is 9.90 Å². The van der Waals surface area contributed by atoms with Gasteiger partial charge in [0.1, 0.15) is 5.75 Å². The van der Waals surface area contributed by atoms with Crippen molar-refractivity contribution in [2.45, 2.75) is 12.5 Å². The summed E-state index contributed by atoms with van der Waals surface area (Å²) in [6, 6.07) is 11.0. The second-order valence-electron chi connectivity index (χ2n) is 5.52. The summed E-state index contributed by atoms with van der Waals surface area (Å²) in [5.74, 6) is -0.0592. The van der Waals surface area contributed by atoms with Crippen LogP contribution in [0.3, 0.4) is 0 Å². The topological polar surface area (TPSA) is 52.6 Å². The van der Waals surface area contributed by atoms with Gasteiger partial charge in [0.25, 0.3) is 0 Å². The van der Waals surface area contributed by atoms with E-state index < -0.39 is 5.54 Å². The summed E-state index contributed by atoms with van der Waals surface area (Å²) in [7, 11) is 1.92. The van der Waals surface area contributed by atoms with E-state index in [2.05, 4.69) is 5.43 Å². The monoisotopic (exact) mass is 266 g/mol. The Morgan fingerprint density at radius 1 is 1.20 bits per heavy atom. The van der Waals surface area contributed by atoms with E-state index in [-0.39, 0.29) is 11.5 Å². The molecule has 1 aliphatic heterocycles. The molecule has 4 rings (SSSR count). The molecule has 2 aliphatic rings. The quantitative estimate of drug-likeness (QED) is 0.767. The van der Waals surface area contributed by atoms with Crippen LogP contribution < -0.4 is 10.4 Å². The SMILES string of the molecule is CN1NC2(C)c3ccccc3C(=O)c3c(O)ccc1c32. The normalized spacial score (nSPS) is 22.7. The third-order valence-corrected chi connectivity index (χ3v) is 4.35. The average molecular weight is 266 g/mol. The first-order valence-corrected chi connectivity index (χ1v) is 6.56. The van der Waals surface area contributed by atoms with Crippen molar-refractivity contribution < 1.29 is 9.90 Å². The average Bonchev–Trinajstić information content (AvgIpc) is 2.70. The molecule has 0 amide bonds. The standard InChI is InChI=1S/C16H14N2O2/c1-16-10-6-4-3-5-9(10)15(20)13-12(19)8-7-11(14(13)16)18(2)17-16/h3-8,17,19H,1-2H3. The lowest BCUT2D eigenvalue weighted by Gasteiger charge is -2.33. The molecule has 4 heteroatoms. The zero-order valence-electron chi connectivity index (χ0n) is 11.3. The maximum atomic E-state index is 12.7. The highest BCUT2D eigenvalue weighted by Gasteiger charge is 2.48. The van der Waals surface area contributed by atoms with E-state index in [1.165, 1.54) is 0 Å². The number of fused-ring (bicyclic) bond motifs is 2. The third kappa shape index (κ3) is 1.13. The van der Waals surface area contributed by atoms with E-state index in [1.807, 2.05) is 49.3 Å². The summed E-state index contributed by atoms with van der Waals surface area (Å²) in [4.78, 5) is 12.7. The molecule has 20 heavy (non-hydrogen) atoms. The Bertz CT molecular complexity index is 769. The second-order valence-corrected chi connectivity index (χ2v) is 5.52. The van der Waals surface area contributed by atoms with Gasteiger partial charge in [0.05, 0.1) is 16.8 Å². The smallest absolute Gasteiger partial charge is 0.197 e. The number of ketones is 1. The van der Waals surface area contributed by atoms with Crippen molar-refractivity contribution in [1.29, 1.82) is 0 Å². The number of carbonyl (C=O) groups excluding carboxylic acids is 1. The summed E-state index contributed by atoms with van der Waals surface area (Å²) in [6.45, 7) is 2.05. The van der Waals surface area contributed by atoms with Crippen molar-refractivity contribution in [1.82, 2.24) is 5.43 Å². The summed E-state index contributed by atoms with van der Waals surface area (Å²) in [5, 5.41) is 12.1. The minimum Gasteiger partial charge on any atom is -0.507 e. The van der Waals surface area contributed by atoms with Crippen LogP contribution >= 0.6 is 0 Å². The van der Waals surface area contributed by atoms with Crippen LogP contribution in [0.2, 0.25) is 0 Å². The van der Waals surface area contributed by atoms with Gasteiger partial charge < -0.3 is 10.1 Å². The summed E-state index contributed by atoms with van der Waals surface area (Å²) < 4.78 is 0. The number of nitrogens with one attached hydrogen (secondary N) is 1. The van der Waals surface area contributed by atoms with Gasteiger partial charge in [-0.25, -0.2) is 5.43 Å². The maximum Gasteiger partial charge on any atom is 0.197 e. The fraction of sp³-hybridized carbons (Fsp3) is 0.188. The van der Waals surface area contributed by atoms with Crippen LogP contribution in [0.25, 0.3) is 0 Å². The lowest BCUT2D eigenvalue weighted by molar-refractivity contribution is 0.102. The van der Waals surface area contributed by atoms with Crippen LogP contribution in [-0.4, -0.2) is 17.9 Å². The number of nitrogens with zero attached hydrogens (tertiary/aromatic N) is 1. The van der Waals surface area contributed by atoms with Crippen LogP contribution in [-0.2, 0) is 5.54 Å². The molecular formula is C16H14N2O2. The first kappa shape index (κ1) is 11.5. The lowest BCUT2D eigenvalue weighted by Crippen LogP contribution is -2.45. The van der Waals surface area contributed by atoms with Crippen molar-refractivity contribution >= 4 is 11.5 Å². The van der Waals surface area contributed by atoms with E-state index in [4.69, 9.17) is 0 Å². The molecule has 0 spiro atoms. The molecule has 2 N–H and O–H groups in total. The number of rotatable bonds is 0. The van der Waals surface area contributed by atoms with Gasteiger partial charge in [0, 0.05) is 18.2 Å². The summed E-state index contributed by atoms with van der Waals surface area (Å²) >= 11 is 0. The molecule has 0 bridgehead atoms. The molecule has 1 heterocycles. The van der Waals surface area contributed by atoms with Crippen LogP contribution in [0.5, 0.6) is 5.75 Å². The number of hydrogen-bond donors (Lipinski definition) is 2. The minimum atomic E-state index is -0.483. The van der Waals surface area contributed by atoms with Gasteiger partial charge in [-0.1, -0.05) is 24.3 Å². The van der Waals surface area contributed by atoms with Crippen molar-refractivity contribution in [2.75, 3.05) is 12.1 Å². The Morgan fingerprint density at radius 3 is 2.75 bits per heavy atom. The number of aromatic hydroxyl groups is 1. The molecule has 1 atom stereocenters. The molecule has 0 saturated carbocycles. The lowest BCUT2D eigenvalue weighted by atomic mass is 9.73. The number of phenols is 1. The molecule has 100 valence electrons. The number of carbonyl (C=O) groups is 1. The Hall–Kier alpha value is -2.33. The van der Waals surface area contributed by atoms with Gasteiger partial charge in [-0.15, -0.1) is 0 Å². The number of hydrazine groups is 1. The molecule has 1 aliphatic carbocycles. The minimum absolute atomic E-state index is 0.0478. The van der Waals surface area contributed by atoms with E-state index in [0.717, 1.165) is 16.8 Å². The van der Waals surface area contributed by atoms with Crippen LogP contribution in [0.1, 0.15) is 34.0 Å². The zero-order chi connectivity index (χ0) is 14.1. The number of benzene rings is 2. The van der Waals surface area contributed by atoms with Gasteiger partial charge >= 0.3 is 0 Å². The predicted molar refractivity (Wildman–Crippen MR) is 76.0 cm³/mol. The number of anilines is 1. The van der Waals surface area contributed by atoms with Crippen molar-refractivity contribution in [2.24, 2.45) is 0 Å². The Labute approximate surface area is 116 Å². The van der Waals surface area contributed by atoms with Crippen molar-refractivity contribution in [3.63, 3.8) is 0 Å².